The number of halogens is 1. The van der Waals surface area contributed by atoms with Crippen LogP contribution in [0.3, 0.4) is 0 Å². The largest absolute Gasteiger partial charge is 0.493 e. The summed E-state index contributed by atoms with van der Waals surface area (Å²) in [5.74, 6) is 2.80. The van der Waals surface area contributed by atoms with E-state index in [9.17, 15) is 4.79 Å². The molecule has 1 saturated heterocycles. The molecule has 9 nitrogen and oxygen atoms in total. The number of nitrogens with one attached hydrogen (secondary N) is 2. The summed E-state index contributed by atoms with van der Waals surface area (Å²) in [4.78, 5) is 24.1. The van der Waals surface area contributed by atoms with Crippen molar-refractivity contribution in [1.29, 1.82) is 0 Å². The Morgan fingerprint density at radius 3 is 2.49 bits per heavy atom. The topological polar surface area (TPSA) is 97.8 Å². The molecule has 0 radical (unpaired) electrons. The molecule has 0 unspecified atom stereocenters. The van der Waals surface area contributed by atoms with Crippen LogP contribution in [0.4, 0.5) is 17.5 Å². The maximum absolute atomic E-state index is 12.9. The molecule has 10 heteroatoms. The van der Waals surface area contributed by atoms with Gasteiger partial charge in [0.05, 0.1) is 27.2 Å². The molecule has 1 fully saturated rings. The summed E-state index contributed by atoms with van der Waals surface area (Å²) in [7, 11) is 4.71. The molecule has 37 heavy (non-hydrogen) atoms. The van der Waals surface area contributed by atoms with Gasteiger partial charge in [-0.15, -0.1) is 0 Å². The molecule has 0 spiro atoms. The summed E-state index contributed by atoms with van der Waals surface area (Å²) < 4.78 is 17.3. The number of ether oxygens (including phenoxy) is 3. The molecule has 196 valence electrons. The number of aromatic nitrogens is 2. The Morgan fingerprint density at radius 2 is 1.81 bits per heavy atom. The quantitative estimate of drug-likeness (QED) is 0.366. The molecule has 0 bridgehead atoms. The van der Waals surface area contributed by atoms with Crippen LogP contribution in [-0.4, -0.2) is 56.8 Å². The Balaban J connectivity index is 1.38. The molecule has 0 saturated carbocycles. The van der Waals surface area contributed by atoms with Crippen LogP contribution in [-0.2, 0) is 11.2 Å². The fourth-order valence-electron chi connectivity index (χ4n) is 4.39. The van der Waals surface area contributed by atoms with Crippen molar-refractivity contribution < 1.29 is 19.0 Å². The van der Waals surface area contributed by atoms with Gasteiger partial charge in [-0.05, 0) is 43.0 Å². The van der Waals surface area contributed by atoms with Crippen LogP contribution >= 0.6 is 15.9 Å². The molecule has 4 rings (SSSR count). The standard InChI is InChI=1S/C27H32BrN5O4/c1-35-22-15-21(16-23(36-2)25(22)37-3)31-27-30-13-11-24(32-27)33-14-4-5-19(17-33)26(34)29-12-10-18-6-8-20(28)9-7-18/h6-9,11,13,15-16,19H,4-5,10,12,14,17H2,1-3H3,(H,29,34)(H,30,31,32)/t19-/m0/s1. The van der Waals surface area contributed by atoms with Crippen molar-refractivity contribution in [3.63, 3.8) is 0 Å². The molecular weight excluding hydrogens is 538 g/mol. The maximum Gasteiger partial charge on any atom is 0.229 e. The van der Waals surface area contributed by atoms with Gasteiger partial charge in [0, 0.05) is 48.1 Å². The molecule has 0 aliphatic carbocycles. The van der Waals surface area contributed by atoms with E-state index in [-0.39, 0.29) is 11.8 Å². The molecular formula is C27H32BrN5O4. The first kappa shape index (κ1) is 26.5. The third-order valence-electron chi connectivity index (χ3n) is 6.30. The number of hydrogen-bond acceptors (Lipinski definition) is 8. The summed E-state index contributed by atoms with van der Waals surface area (Å²) in [6.45, 7) is 2.07. The monoisotopic (exact) mass is 569 g/mol. The second-order valence-electron chi connectivity index (χ2n) is 8.73. The Kier molecular flexibility index (Phi) is 9.05. The fourth-order valence-corrected chi connectivity index (χ4v) is 4.66. The van der Waals surface area contributed by atoms with Gasteiger partial charge in [-0.3, -0.25) is 4.79 Å². The SMILES string of the molecule is COc1cc(Nc2nccc(N3CCC[C@H](C(=O)NCCc4ccc(Br)cc4)C3)n2)cc(OC)c1OC. The van der Waals surface area contributed by atoms with Crippen LogP contribution in [0.15, 0.2) is 53.1 Å². The number of nitrogens with zero attached hydrogens (tertiary/aromatic N) is 3. The van der Waals surface area contributed by atoms with E-state index in [1.54, 1.807) is 39.7 Å². The smallest absolute Gasteiger partial charge is 0.229 e. The number of rotatable bonds is 10. The maximum atomic E-state index is 12.9. The Labute approximate surface area is 225 Å². The number of anilines is 3. The second-order valence-corrected chi connectivity index (χ2v) is 9.65. The van der Waals surface area contributed by atoms with Gasteiger partial charge in [0.2, 0.25) is 17.6 Å². The van der Waals surface area contributed by atoms with Crippen LogP contribution in [0.1, 0.15) is 18.4 Å². The van der Waals surface area contributed by atoms with Crippen molar-refractivity contribution in [3.05, 3.63) is 58.7 Å². The number of piperidine rings is 1. The summed E-state index contributed by atoms with van der Waals surface area (Å²) in [5.41, 5.74) is 1.90. The predicted molar refractivity (Wildman–Crippen MR) is 147 cm³/mol. The first-order valence-electron chi connectivity index (χ1n) is 12.2. The Hall–Kier alpha value is -3.53. The molecule has 1 aliphatic rings. The van der Waals surface area contributed by atoms with Crippen molar-refractivity contribution in [2.75, 3.05) is 51.2 Å². The van der Waals surface area contributed by atoms with Crippen molar-refractivity contribution in [2.45, 2.75) is 19.3 Å². The van der Waals surface area contributed by atoms with Crippen molar-refractivity contribution >= 4 is 39.3 Å². The fraction of sp³-hybridized carbons (Fsp3) is 0.370. The van der Waals surface area contributed by atoms with Gasteiger partial charge in [0.25, 0.3) is 0 Å². The van der Waals surface area contributed by atoms with Crippen molar-refractivity contribution in [3.8, 4) is 17.2 Å². The molecule has 2 aromatic carbocycles. The lowest BCUT2D eigenvalue weighted by Crippen LogP contribution is -2.43. The highest BCUT2D eigenvalue weighted by molar-refractivity contribution is 9.10. The van der Waals surface area contributed by atoms with E-state index >= 15 is 0 Å². The minimum Gasteiger partial charge on any atom is -0.493 e. The molecule has 2 N–H and O–H groups in total. The molecule has 1 aromatic heterocycles. The van der Waals surface area contributed by atoms with Crippen LogP contribution in [0.2, 0.25) is 0 Å². The highest BCUT2D eigenvalue weighted by Crippen LogP contribution is 2.40. The van der Waals surface area contributed by atoms with Crippen molar-refractivity contribution in [2.24, 2.45) is 5.92 Å². The zero-order valence-electron chi connectivity index (χ0n) is 21.3. The summed E-state index contributed by atoms with van der Waals surface area (Å²) >= 11 is 3.45. The average molecular weight is 570 g/mol. The van der Waals surface area contributed by atoms with E-state index in [2.05, 4.69) is 48.6 Å². The minimum absolute atomic E-state index is 0.0832. The van der Waals surface area contributed by atoms with Gasteiger partial charge in [-0.1, -0.05) is 28.1 Å². The third kappa shape index (κ3) is 6.82. The molecule has 1 amide bonds. The zero-order valence-corrected chi connectivity index (χ0v) is 22.9. The summed E-state index contributed by atoms with van der Waals surface area (Å²) in [6.07, 6.45) is 4.30. The summed E-state index contributed by atoms with van der Waals surface area (Å²) in [6, 6.07) is 13.6. The molecule has 2 heterocycles. The second kappa shape index (κ2) is 12.6. The number of carbonyl (C=O) groups excluding carboxylic acids is 1. The van der Waals surface area contributed by atoms with Crippen LogP contribution in [0.25, 0.3) is 0 Å². The third-order valence-corrected chi connectivity index (χ3v) is 6.83. The van der Waals surface area contributed by atoms with Gasteiger partial charge in [-0.2, -0.15) is 4.98 Å². The van der Waals surface area contributed by atoms with Gasteiger partial charge in [-0.25, -0.2) is 4.98 Å². The number of amides is 1. The van der Waals surface area contributed by atoms with Crippen LogP contribution in [0.5, 0.6) is 17.2 Å². The number of benzene rings is 2. The normalized spacial score (nSPS) is 15.1. The van der Waals surface area contributed by atoms with E-state index in [0.717, 1.165) is 36.1 Å². The highest BCUT2D eigenvalue weighted by Gasteiger charge is 2.26. The van der Waals surface area contributed by atoms with Crippen LogP contribution < -0.4 is 29.7 Å². The number of hydrogen-bond donors (Lipinski definition) is 2. The highest BCUT2D eigenvalue weighted by atomic mass is 79.9. The lowest BCUT2D eigenvalue weighted by molar-refractivity contribution is -0.125. The van der Waals surface area contributed by atoms with Gasteiger partial charge in [0.15, 0.2) is 11.5 Å². The van der Waals surface area contributed by atoms with E-state index in [1.807, 2.05) is 18.2 Å². The Morgan fingerprint density at radius 1 is 1.08 bits per heavy atom. The van der Waals surface area contributed by atoms with Gasteiger partial charge < -0.3 is 29.7 Å². The lowest BCUT2D eigenvalue weighted by Gasteiger charge is -2.33. The van der Waals surface area contributed by atoms with Crippen LogP contribution in [0, 0.1) is 5.92 Å². The minimum atomic E-state index is -0.0832. The number of carbonyl (C=O) groups is 1. The lowest BCUT2D eigenvalue weighted by atomic mass is 9.97. The molecule has 1 atom stereocenters. The first-order chi connectivity index (χ1) is 18.0. The zero-order chi connectivity index (χ0) is 26.2. The van der Waals surface area contributed by atoms with E-state index < -0.39 is 0 Å². The summed E-state index contributed by atoms with van der Waals surface area (Å²) in [5, 5.41) is 6.32. The average Bonchev–Trinajstić information content (AvgIpc) is 2.93. The van der Waals surface area contributed by atoms with E-state index in [1.165, 1.54) is 5.56 Å². The molecule has 3 aromatic rings. The Bertz CT molecular complexity index is 1180. The van der Waals surface area contributed by atoms with Gasteiger partial charge >= 0.3 is 0 Å². The van der Waals surface area contributed by atoms with Crippen molar-refractivity contribution in [1.82, 2.24) is 15.3 Å². The van der Waals surface area contributed by atoms with E-state index in [0.29, 0.717) is 42.0 Å². The first-order valence-corrected chi connectivity index (χ1v) is 13.0. The molecule has 1 aliphatic heterocycles. The van der Waals surface area contributed by atoms with E-state index in [4.69, 9.17) is 19.2 Å². The number of methoxy groups -OCH3 is 3. The predicted octanol–water partition coefficient (Wildman–Crippen LogP) is 4.58. The van der Waals surface area contributed by atoms with Gasteiger partial charge in [0.1, 0.15) is 5.82 Å².